The van der Waals surface area contributed by atoms with Crippen LogP contribution in [0.5, 0.6) is 5.75 Å². The van der Waals surface area contributed by atoms with E-state index in [1.54, 1.807) is 56.5 Å². The average molecular weight is 423 g/mol. The zero-order chi connectivity index (χ0) is 20.7. The van der Waals surface area contributed by atoms with Crippen LogP contribution < -0.4 is 9.64 Å². The summed E-state index contributed by atoms with van der Waals surface area (Å²) in [6, 6.07) is 8.55. The Bertz CT molecular complexity index is 976. The van der Waals surface area contributed by atoms with Crippen molar-refractivity contribution in [3.63, 3.8) is 0 Å². The lowest BCUT2D eigenvalue weighted by atomic mass is 10.1. The Balaban J connectivity index is 2.01. The molecule has 1 fully saturated rings. The number of thiophene rings is 1. The summed E-state index contributed by atoms with van der Waals surface area (Å²) in [7, 11) is -2.42. The molecule has 150 valence electrons. The Morgan fingerprint density at radius 2 is 1.79 bits per heavy atom. The molecule has 2 heterocycles. The van der Waals surface area contributed by atoms with Crippen LogP contribution in [-0.4, -0.2) is 43.2 Å². The zero-order valence-electron chi connectivity index (χ0n) is 16.1. The molecule has 1 aromatic heterocycles. The van der Waals surface area contributed by atoms with Crippen molar-refractivity contribution in [3.8, 4) is 5.75 Å². The van der Waals surface area contributed by atoms with Crippen LogP contribution in [0.4, 0.5) is 5.69 Å². The fourth-order valence-electron chi connectivity index (χ4n) is 3.30. The van der Waals surface area contributed by atoms with E-state index in [9.17, 15) is 18.0 Å². The lowest BCUT2D eigenvalue weighted by Crippen LogP contribution is -2.54. The zero-order valence-corrected chi connectivity index (χ0v) is 17.7. The van der Waals surface area contributed by atoms with Crippen LogP contribution >= 0.6 is 11.3 Å². The maximum atomic E-state index is 13.2. The number of rotatable bonds is 5. The molecule has 0 saturated carbocycles. The van der Waals surface area contributed by atoms with Gasteiger partial charge in [-0.2, -0.15) is 4.31 Å². The minimum absolute atomic E-state index is 0.144. The van der Waals surface area contributed by atoms with Crippen molar-refractivity contribution in [2.24, 2.45) is 0 Å². The van der Waals surface area contributed by atoms with Gasteiger partial charge in [-0.1, -0.05) is 6.07 Å². The summed E-state index contributed by atoms with van der Waals surface area (Å²) in [5, 5.41) is 1.67. The van der Waals surface area contributed by atoms with Crippen molar-refractivity contribution in [2.45, 2.75) is 43.0 Å². The van der Waals surface area contributed by atoms with Gasteiger partial charge in [-0.3, -0.25) is 9.59 Å². The highest BCUT2D eigenvalue weighted by molar-refractivity contribution is 7.91. The molecule has 3 rings (SSSR count). The van der Waals surface area contributed by atoms with Gasteiger partial charge in [-0.15, -0.1) is 11.3 Å². The molecule has 7 nitrogen and oxygen atoms in total. The second-order valence-electron chi connectivity index (χ2n) is 7.39. The SMILES string of the molecule is COc1ccc(N2C(=O)CC(N(C(C)(C)C)S(=O)(=O)c3cccs3)C2=O)cc1. The number of carbonyl (C=O) groups is 2. The molecule has 28 heavy (non-hydrogen) atoms. The summed E-state index contributed by atoms with van der Waals surface area (Å²) in [6.45, 7) is 5.14. The van der Waals surface area contributed by atoms with E-state index in [0.29, 0.717) is 11.4 Å². The van der Waals surface area contributed by atoms with Gasteiger partial charge in [0.05, 0.1) is 19.2 Å². The van der Waals surface area contributed by atoms with Crippen LogP contribution in [-0.2, 0) is 19.6 Å². The van der Waals surface area contributed by atoms with Gasteiger partial charge in [0.25, 0.3) is 15.9 Å². The molecule has 0 bridgehead atoms. The number of methoxy groups -OCH3 is 1. The molecular weight excluding hydrogens is 400 g/mol. The predicted octanol–water partition coefficient (Wildman–Crippen LogP) is 2.88. The third-order valence-electron chi connectivity index (χ3n) is 4.41. The van der Waals surface area contributed by atoms with Gasteiger partial charge < -0.3 is 4.74 Å². The number of hydrogen-bond donors (Lipinski definition) is 0. The van der Waals surface area contributed by atoms with E-state index >= 15 is 0 Å². The number of carbonyl (C=O) groups excluding carboxylic acids is 2. The molecule has 1 saturated heterocycles. The minimum Gasteiger partial charge on any atom is -0.497 e. The molecule has 1 aromatic carbocycles. The summed E-state index contributed by atoms with van der Waals surface area (Å²) in [5.41, 5.74) is -0.500. The summed E-state index contributed by atoms with van der Waals surface area (Å²) < 4.78 is 32.9. The maximum Gasteiger partial charge on any atom is 0.253 e. The van der Waals surface area contributed by atoms with E-state index in [1.807, 2.05) is 0 Å². The third-order valence-corrected chi connectivity index (χ3v) is 7.95. The number of amides is 2. The number of nitrogens with zero attached hydrogens (tertiary/aromatic N) is 2. The van der Waals surface area contributed by atoms with Crippen molar-refractivity contribution in [1.82, 2.24) is 4.31 Å². The van der Waals surface area contributed by atoms with Crippen LogP contribution in [0.3, 0.4) is 0 Å². The quantitative estimate of drug-likeness (QED) is 0.692. The lowest BCUT2D eigenvalue weighted by Gasteiger charge is -2.37. The molecule has 9 heteroatoms. The number of benzene rings is 1. The molecule has 0 N–H and O–H groups in total. The Morgan fingerprint density at radius 3 is 2.29 bits per heavy atom. The largest absolute Gasteiger partial charge is 0.497 e. The van der Waals surface area contributed by atoms with E-state index in [0.717, 1.165) is 20.5 Å². The van der Waals surface area contributed by atoms with Crippen molar-refractivity contribution >= 4 is 38.9 Å². The first kappa shape index (κ1) is 20.5. The molecule has 0 spiro atoms. The molecular formula is C19H22N2O5S2. The van der Waals surface area contributed by atoms with Crippen molar-refractivity contribution in [2.75, 3.05) is 12.0 Å². The Kier molecular flexibility index (Phi) is 5.35. The smallest absolute Gasteiger partial charge is 0.253 e. The summed E-state index contributed by atoms with van der Waals surface area (Å²) in [6.07, 6.45) is -0.202. The van der Waals surface area contributed by atoms with Gasteiger partial charge in [-0.25, -0.2) is 13.3 Å². The highest BCUT2D eigenvalue weighted by Gasteiger charge is 2.50. The Hall–Kier alpha value is -2.23. The standard InChI is InChI=1S/C19H22N2O5S2/c1-19(2,3)21(28(24,25)17-6-5-11-27-17)15-12-16(22)20(18(15)23)13-7-9-14(26-4)10-8-13/h5-11,15H,12H2,1-4H3. The van der Waals surface area contributed by atoms with Crippen LogP contribution in [0.15, 0.2) is 46.0 Å². The molecule has 0 aliphatic carbocycles. The van der Waals surface area contributed by atoms with Gasteiger partial charge in [0.2, 0.25) is 5.91 Å². The third kappa shape index (κ3) is 3.57. The molecule has 0 radical (unpaired) electrons. The lowest BCUT2D eigenvalue weighted by molar-refractivity contribution is -0.122. The van der Waals surface area contributed by atoms with Crippen molar-refractivity contribution in [3.05, 3.63) is 41.8 Å². The average Bonchev–Trinajstić information content (AvgIpc) is 3.24. The summed E-state index contributed by atoms with van der Waals surface area (Å²) in [5.74, 6) is -0.392. The van der Waals surface area contributed by atoms with E-state index in [2.05, 4.69) is 0 Å². The van der Waals surface area contributed by atoms with Crippen LogP contribution in [0.1, 0.15) is 27.2 Å². The van der Waals surface area contributed by atoms with E-state index in [4.69, 9.17) is 4.74 Å². The number of ether oxygens (including phenoxy) is 1. The van der Waals surface area contributed by atoms with Gasteiger partial charge in [0.1, 0.15) is 16.0 Å². The number of sulfonamides is 1. The molecule has 1 aliphatic heterocycles. The number of imide groups is 1. The summed E-state index contributed by atoms with van der Waals surface area (Å²) >= 11 is 1.08. The maximum absolute atomic E-state index is 13.2. The molecule has 2 amide bonds. The first-order chi connectivity index (χ1) is 13.1. The number of hydrogen-bond acceptors (Lipinski definition) is 6. The van der Waals surface area contributed by atoms with Crippen LogP contribution in [0.2, 0.25) is 0 Å². The topological polar surface area (TPSA) is 84.0 Å². The molecule has 2 aromatic rings. The minimum atomic E-state index is -3.94. The van der Waals surface area contributed by atoms with Crippen molar-refractivity contribution < 1.29 is 22.7 Å². The second-order valence-corrected chi connectivity index (χ2v) is 10.4. The molecule has 1 unspecified atom stereocenters. The van der Waals surface area contributed by atoms with Crippen LogP contribution in [0, 0.1) is 0 Å². The molecule has 1 atom stereocenters. The fraction of sp³-hybridized carbons (Fsp3) is 0.368. The van der Waals surface area contributed by atoms with Gasteiger partial charge >= 0.3 is 0 Å². The van der Waals surface area contributed by atoms with Gasteiger partial charge in [-0.05, 0) is 56.5 Å². The van der Waals surface area contributed by atoms with Crippen LogP contribution in [0.25, 0.3) is 0 Å². The second kappa shape index (κ2) is 7.31. The number of anilines is 1. The van der Waals surface area contributed by atoms with E-state index in [-0.39, 0.29) is 10.6 Å². The fourth-order valence-corrected chi connectivity index (χ4v) is 6.31. The van der Waals surface area contributed by atoms with E-state index in [1.165, 1.54) is 13.2 Å². The van der Waals surface area contributed by atoms with E-state index < -0.39 is 33.4 Å². The Morgan fingerprint density at radius 1 is 1.14 bits per heavy atom. The molecule has 1 aliphatic rings. The van der Waals surface area contributed by atoms with Crippen molar-refractivity contribution in [1.29, 1.82) is 0 Å². The first-order valence-electron chi connectivity index (χ1n) is 8.66. The predicted molar refractivity (Wildman–Crippen MR) is 107 cm³/mol. The van der Waals surface area contributed by atoms with Gasteiger partial charge in [0, 0.05) is 5.54 Å². The highest BCUT2D eigenvalue weighted by atomic mass is 32.2. The highest BCUT2D eigenvalue weighted by Crippen LogP contribution is 2.35. The van der Waals surface area contributed by atoms with Gasteiger partial charge in [0.15, 0.2) is 0 Å². The first-order valence-corrected chi connectivity index (χ1v) is 11.0. The normalized spacial score (nSPS) is 18.2. The summed E-state index contributed by atoms with van der Waals surface area (Å²) in [4.78, 5) is 26.8. The monoisotopic (exact) mass is 422 g/mol. The Labute approximate surface area is 168 Å².